The molecule has 1 aromatic rings. The summed E-state index contributed by atoms with van der Waals surface area (Å²) in [6.45, 7) is 4.83. The molecule has 0 amide bonds. The van der Waals surface area contributed by atoms with Crippen LogP contribution < -0.4 is 4.74 Å². The maximum absolute atomic E-state index is 11.1. The van der Waals surface area contributed by atoms with Gasteiger partial charge in [-0.15, -0.1) is 0 Å². The lowest BCUT2D eigenvalue weighted by Gasteiger charge is -2.39. The summed E-state index contributed by atoms with van der Waals surface area (Å²) in [5.41, 5.74) is 1.30. The van der Waals surface area contributed by atoms with E-state index in [2.05, 4.69) is 24.0 Å². The molecule has 0 aliphatic carbocycles. The van der Waals surface area contributed by atoms with Gasteiger partial charge in [0.25, 0.3) is 0 Å². The summed E-state index contributed by atoms with van der Waals surface area (Å²) in [6, 6.07) is 8.63. The maximum atomic E-state index is 11.1. The highest BCUT2D eigenvalue weighted by Gasteiger charge is 2.32. The quantitative estimate of drug-likeness (QED) is 0.929. The van der Waals surface area contributed by atoms with Crippen LogP contribution in [0.1, 0.15) is 37.7 Å². The first-order chi connectivity index (χ1) is 10.1. The van der Waals surface area contributed by atoms with Crippen molar-refractivity contribution in [2.45, 2.75) is 38.1 Å². The number of nitrogens with zero attached hydrogens (tertiary/aromatic N) is 1. The summed E-state index contributed by atoms with van der Waals surface area (Å²) in [7, 11) is 0. The number of fused-ring (bicyclic) bond motifs is 1. The van der Waals surface area contributed by atoms with Crippen molar-refractivity contribution in [3.8, 4) is 5.75 Å². The molecule has 3 atom stereocenters. The van der Waals surface area contributed by atoms with E-state index in [1.54, 1.807) is 0 Å². The monoisotopic (exact) mass is 289 g/mol. The summed E-state index contributed by atoms with van der Waals surface area (Å²) in [5, 5.41) is 9.16. The molecule has 0 bridgehead atoms. The minimum atomic E-state index is -0.641. The lowest BCUT2D eigenvalue weighted by atomic mass is 9.88. The normalized spacial score (nSPS) is 29.5. The minimum Gasteiger partial charge on any atom is -0.493 e. The number of rotatable bonds is 3. The van der Waals surface area contributed by atoms with Gasteiger partial charge in [0.05, 0.1) is 12.5 Å². The van der Waals surface area contributed by atoms with Crippen molar-refractivity contribution < 1.29 is 14.6 Å². The molecule has 3 unspecified atom stereocenters. The number of ether oxygens (including phenoxy) is 1. The molecule has 2 aliphatic heterocycles. The second kappa shape index (κ2) is 6.06. The third-order valence-corrected chi connectivity index (χ3v) is 4.90. The van der Waals surface area contributed by atoms with Gasteiger partial charge in [-0.05, 0) is 44.4 Å². The Morgan fingerprint density at radius 2 is 2.19 bits per heavy atom. The highest BCUT2D eigenvalue weighted by Crippen LogP contribution is 2.35. The predicted molar refractivity (Wildman–Crippen MR) is 80.7 cm³/mol. The van der Waals surface area contributed by atoms with E-state index in [-0.39, 0.29) is 5.92 Å². The number of para-hydroxylation sites is 1. The Bertz CT molecular complexity index is 517. The first kappa shape index (κ1) is 14.4. The Morgan fingerprint density at radius 3 is 2.95 bits per heavy atom. The first-order valence-corrected chi connectivity index (χ1v) is 7.83. The smallest absolute Gasteiger partial charge is 0.306 e. The van der Waals surface area contributed by atoms with E-state index in [9.17, 15) is 4.79 Å². The van der Waals surface area contributed by atoms with Crippen LogP contribution >= 0.6 is 0 Å². The van der Waals surface area contributed by atoms with E-state index in [1.165, 1.54) is 5.56 Å². The summed E-state index contributed by atoms with van der Waals surface area (Å²) >= 11 is 0. The van der Waals surface area contributed by atoms with E-state index in [1.807, 2.05) is 12.1 Å². The number of hydrogen-bond acceptors (Lipinski definition) is 3. The molecule has 1 N–H and O–H groups in total. The Balaban J connectivity index is 1.67. The fraction of sp³-hybridized carbons (Fsp3) is 0.588. The van der Waals surface area contributed by atoms with Crippen molar-refractivity contribution in [1.82, 2.24) is 4.90 Å². The molecule has 114 valence electrons. The standard InChI is InChI=1S/C17H23NO3/c1-12-10-13(17(19)20)6-8-18(12)11-14-7-9-21-16-5-3-2-4-15(14)16/h2-5,12-14H,6-11H2,1H3,(H,19,20). The number of carboxylic acids is 1. The molecule has 0 aromatic heterocycles. The SMILES string of the molecule is CC1CC(C(=O)O)CCN1CC1CCOc2ccccc21. The molecule has 0 saturated carbocycles. The first-order valence-electron chi connectivity index (χ1n) is 7.83. The van der Waals surface area contributed by atoms with Crippen LogP contribution in [0.5, 0.6) is 5.75 Å². The third-order valence-electron chi connectivity index (χ3n) is 4.90. The molecule has 21 heavy (non-hydrogen) atoms. The van der Waals surface area contributed by atoms with E-state index in [0.29, 0.717) is 12.0 Å². The van der Waals surface area contributed by atoms with Crippen molar-refractivity contribution in [3.05, 3.63) is 29.8 Å². The Hall–Kier alpha value is -1.55. The number of hydrogen-bond donors (Lipinski definition) is 1. The molecule has 1 saturated heterocycles. The lowest BCUT2D eigenvalue weighted by Crippen LogP contribution is -2.44. The molecular weight excluding hydrogens is 266 g/mol. The van der Waals surface area contributed by atoms with Crippen LogP contribution in [0.2, 0.25) is 0 Å². The van der Waals surface area contributed by atoms with Crippen LogP contribution in [0.4, 0.5) is 0 Å². The third kappa shape index (κ3) is 3.05. The van der Waals surface area contributed by atoms with Crippen molar-refractivity contribution >= 4 is 5.97 Å². The van der Waals surface area contributed by atoms with Crippen LogP contribution in [-0.2, 0) is 4.79 Å². The van der Waals surface area contributed by atoms with E-state index >= 15 is 0 Å². The molecule has 3 rings (SSSR count). The van der Waals surface area contributed by atoms with Gasteiger partial charge in [0.2, 0.25) is 0 Å². The van der Waals surface area contributed by atoms with Crippen LogP contribution in [-0.4, -0.2) is 41.7 Å². The summed E-state index contributed by atoms with van der Waals surface area (Å²) in [4.78, 5) is 13.6. The van der Waals surface area contributed by atoms with Crippen LogP contribution in [0, 0.1) is 5.92 Å². The average Bonchev–Trinajstić information content (AvgIpc) is 2.49. The fourth-order valence-electron chi connectivity index (χ4n) is 3.60. The van der Waals surface area contributed by atoms with Gasteiger partial charge in [-0.3, -0.25) is 9.69 Å². The lowest BCUT2D eigenvalue weighted by molar-refractivity contribution is -0.144. The molecule has 4 heteroatoms. The zero-order chi connectivity index (χ0) is 14.8. The highest BCUT2D eigenvalue weighted by atomic mass is 16.5. The van der Waals surface area contributed by atoms with Gasteiger partial charge < -0.3 is 9.84 Å². The van der Waals surface area contributed by atoms with Gasteiger partial charge in [-0.25, -0.2) is 0 Å². The molecule has 0 spiro atoms. The molecule has 4 nitrogen and oxygen atoms in total. The van der Waals surface area contributed by atoms with Crippen LogP contribution in [0.15, 0.2) is 24.3 Å². The molecule has 1 aromatic carbocycles. The minimum absolute atomic E-state index is 0.168. The van der Waals surface area contributed by atoms with E-state index < -0.39 is 5.97 Å². The predicted octanol–water partition coefficient (Wildman–Crippen LogP) is 2.74. The Morgan fingerprint density at radius 1 is 1.38 bits per heavy atom. The van der Waals surface area contributed by atoms with Gasteiger partial charge in [0.1, 0.15) is 5.75 Å². The highest BCUT2D eigenvalue weighted by molar-refractivity contribution is 5.70. The van der Waals surface area contributed by atoms with Gasteiger partial charge in [-0.1, -0.05) is 18.2 Å². The van der Waals surface area contributed by atoms with Crippen molar-refractivity contribution in [2.24, 2.45) is 5.92 Å². The topological polar surface area (TPSA) is 49.8 Å². The number of carbonyl (C=O) groups is 1. The number of carboxylic acid groups (broad SMARTS) is 1. The number of likely N-dealkylation sites (tertiary alicyclic amines) is 1. The Kier molecular flexibility index (Phi) is 4.15. The number of piperidine rings is 1. The number of benzene rings is 1. The van der Waals surface area contributed by atoms with Crippen molar-refractivity contribution in [1.29, 1.82) is 0 Å². The second-order valence-electron chi connectivity index (χ2n) is 6.28. The Labute approximate surface area is 125 Å². The maximum Gasteiger partial charge on any atom is 0.306 e. The summed E-state index contributed by atoms with van der Waals surface area (Å²) in [5.74, 6) is 0.705. The molecular formula is C17H23NO3. The van der Waals surface area contributed by atoms with E-state index in [4.69, 9.17) is 9.84 Å². The van der Waals surface area contributed by atoms with Crippen LogP contribution in [0.25, 0.3) is 0 Å². The van der Waals surface area contributed by atoms with Crippen molar-refractivity contribution in [3.63, 3.8) is 0 Å². The molecule has 1 fully saturated rings. The second-order valence-corrected chi connectivity index (χ2v) is 6.28. The van der Waals surface area contributed by atoms with E-state index in [0.717, 1.165) is 44.7 Å². The zero-order valence-corrected chi connectivity index (χ0v) is 12.5. The largest absolute Gasteiger partial charge is 0.493 e. The fourth-order valence-corrected chi connectivity index (χ4v) is 3.60. The zero-order valence-electron chi connectivity index (χ0n) is 12.5. The summed E-state index contributed by atoms with van der Waals surface area (Å²) in [6.07, 6.45) is 2.58. The van der Waals surface area contributed by atoms with Crippen LogP contribution in [0.3, 0.4) is 0 Å². The average molecular weight is 289 g/mol. The molecule has 2 aliphatic rings. The molecule has 0 radical (unpaired) electrons. The van der Waals surface area contributed by atoms with Gasteiger partial charge in [0.15, 0.2) is 0 Å². The number of aliphatic carboxylic acids is 1. The van der Waals surface area contributed by atoms with Gasteiger partial charge in [-0.2, -0.15) is 0 Å². The summed E-state index contributed by atoms with van der Waals surface area (Å²) < 4.78 is 5.72. The van der Waals surface area contributed by atoms with Gasteiger partial charge in [0, 0.05) is 18.5 Å². The van der Waals surface area contributed by atoms with Gasteiger partial charge >= 0.3 is 5.97 Å². The molecule has 2 heterocycles. The van der Waals surface area contributed by atoms with Crippen molar-refractivity contribution in [2.75, 3.05) is 19.7 Å².